The maximum Gasteiger partial charge on any atom is 0.411 e. The lowest BCUT2D eigenvalue weighted by molar-refractivity contribution is 0.0148. The highest BCUT2D eigenvalue weighted by atomic mass is 16.6. The molecule has 4 nitrogen and oxygen atoms in total. The second-order valence-electron chi connectivity index (χ2n) is 5.98. The highest BCUT2D eigenvalue weighted by Crippen LogP contribution is 2.27. The molecule has 1 unspecified atom stereocenters. The van der Waals surface area contributed by atoms with E-state index in [2.05, 4.69) is 0 Å². The number of nitrogens with zero attached hydrogens (tertiary/aromatic N) is 1. The molecule has 0 aliphatic heterocycles. The van der Waals surface area contributed by atoms with Crippen LogP contribution in [0.4, 0.5) is 4.79 Å². The maximum absolute atomic E-state index is 11.9. The predicted octanol–water partition coefficient (Wildman–Crippen LogP) is 2.72. The summed E-state index contributed by atoms with van der Waals surface area (Å²) in [4.78, 5) is 13.4. The van der Waals surface area contributed by atoms with Crippen LogP contribution in [0.5, 0.6) is 0 Å². The van der Waals surface area contributed by atoms with E-state index in [4.69, 9.17) is 10.5 Å². The topological polar surface area (TPSA) is 55.6 Å². The standard InChI is InChI=1S/C13H26N2O2/c1-13(2,3)17-12(16)15(4)11(14)10-8-6-5-7-9-10/h10-11H,5-9,14H2,1-4H3. The third-order valence-corrected chi connectivity index (χ3v) is 3.26. The number of hydrogen-bond acceptors (Lipinski definition) is 3. The molecule has 1 fully saturated rings. The first kappa shape index (κ1) is 14.3. The summed E-state index contributed by atoms with van der Waals surface area (Å²) in [5.41, 5.74) is 5.68. The van der Waals surface area contributed by atoms with Crippen LogP contribution in [0.25, 0.3) is 0 Å². The van der Waals surface area contributed by atoms with Crippen molar-refractivity contribution in [3.05, 3.63) is 0 Å². The van der Waals surface area contributed by atoms with Gasteiger partial charge in [-0.05, 0) is 39.5 Å². The molecule has 4 heteroatoms. The van der Waals surface area contributed by atoms with Crippen molar-refractivity contribution in [3.63, 3.8) is 0 Å². The van der Waals surface area contributed by atoms with Crippen LogP contribution in [-0.4, -0.2) is 29.8 Å². The minimum absolute atomic E-state index is 0.217. The van der Waals surface area contributed by atoms with Crippen molar-refractivity contribution in [2.45, 2.75) is 64.6 Å². The van der Waals surface area contributed by atoms with Gasteiger partial charge in [-0.25, -0.2) is 4.79 Å². The van der Waals surface area contributed by atoms with E-state index in [0.29, 0.717) is 5.92 Å². The quantitative estimate of drug-likeness (QED) is 0.757. The molecule has 17 heavy (non-hydrogen) atoms. The summed E-state index contributed by atoms with van der Waals surface area (Å²) >= 11 is 0. The zero-order chi connectivity index (χ0) is 13.1. The van der Waals surface area contributed by atoms with Crippen LogP contribution < -0.4 is 5.73 Å². The Morgan fingerprint density at radius 3 is 2.29 bits per heavy atom. The minimum Gasteiger partial charge on any atom is -0.444 e. The first-order chi connectivity index (χ1) is 7.81. The molecule has 0 spiro atoms. The lowest BCUT2D eigenvalue weighted by atomic mass is 9.87. The molecule has 1 atom stereocenters. The third-order valence-electron chi connectivity index (χ3n) is 3.26. The van der Waals surface area contributed by atoms with E-state index < -0.39 is 5.60 Å². The van der Waals surface area contributed by atoms with Gasteiger partial charge >= 0.3 is 6.09 Å². The number of carbonyl (C=O) groups excluding carboxylic acids is 1. The molecular weight excluding hydrogens is 216 g/mol. The fourth-order valence-corrected chi connectivity index (χ4v) is 2.25. The van der Waals surface area contributed by atoms with Crippen LogP contribution in [0.15, 0.2) is 0 Å². The van der Waals surface area contributed by atoms with Gasteiger partial charge in [0.05, 0.1) is 6.17 Å². The van der Waals surface area contributed by atoms with E-state index in [1.54, 1.807) is 11.9 Å². The van der Waals surface area contributed by atoms with E-state index in [1.165, 1.54) is 19.3 Å². The van der Waals surface area contributed by atoms with E-state index in [-0.39, 0.29) is 12.3 Å². The van der Waals surface area contributed by atoms with Crippen LogP contribution in [0.3, 0.4) is 0 Å². The Morgan fingerprint density at radius 1 is 1.29 bits per heavy atom. The zero-order valence-electron chi connectivity index (χ0n) is 11.5. The Kier molecular flexibility index (Phi) is 4.80. The lowest BCUT2D eigenvalue weighted by Crippen LogP contribution is -2.50. The van der Waals surface area contributed by atoms with Gasteiger partial charge in [0, 0.05) is 7.05 Å². The molecule has 100 valence electrons. The Morgan fingerprint density at radius 2 is 1.82 bits per heavy atom. The van der Waals surface area contributed by atoms with E-state index >= 15 is 0 Å². The van der Waals surface area contributed by atoms with Gasteiger partial charge in [0.1, 0.15) is 5.60 Å². The molecule has 1 amide bonds. The normalized spacial score (nSPS) is 19.8. The van der Waals surface area contributed by atoms with Crippen molar-refractivity contribution in [2.75, 3.05) is 7.05 Å². The van der Waals surface area contributed by atoms with Gasteiger partial charge in [-0.15, -0.1) is 0 Å². The van der Waals surface area contributed by atoms with Crippen molar-refractivity contribution in [2.24, 2.45) is 11.7 Å². The molecule has 0 bridgehead atoms. The predicted molar refractivity (Wildman–Crippen MR) is 68.5 cm³/mol. The third kappa shape index (κ3) is 4.54. The zero-order valence-corrected chi connectivity index (χ0v) is 11.5. The van der Waals surface area contributed by atoms with E-state index in [9.17, 15) is 4.79 Å². The van der Waals surface area contributed by atoms with Gasteiger partial charge in [-0.2, -0.15) is 0 Å². The number of nitrogens with two attached hydrogens (primary N) is 1. The van der Waals surface area contributed by atoms with Gasteiger partial charge in [0.2, 0.25) is 0 Å². The van der Waals surface area contributed by atoms with Crippen molar-refractivity contribution in [3.8, 4) is 0 Å². The molecule has 1 saturated carbocycles. The fourth-order valence-electron chi connectivity index (χ4n) is 2.25. The fraction of sp³-hybridized carbons (Fsp3) is 0.923. The van der Waals surface area contributed by atoms with Gasteiger partial charge in [0.15, 0.2) is 0 Å². The Hall–Kier alpha value is -0.770. The molecule has 0 saturated heterocycles. The van der Waals surface area contributed by atoms with Crippen LogP contribution in [0.1, 0.15) is 52.9 Å². The minimum atomic E-state index is -0.461. The van der Waals surface area contributed by atoms with Crippen LogP contribution >= 0.6 is 0 Å². The van der Waals surface area contributed by atoms with Crippen molar-refractivity contribution in [1.29, 1.82) is 0 Å². The number of rotatable bonds is 2. The van der Waals surface area contributed by atoms with Crippen molar-refractivity contribution >= 4 is 6.09 Å². The number of carbonyl (C=O) groups is 1. The second kappa shape index (κ2) is 5.71. The Balaban J connectivity index is 2.50. The molecule has 1 aliphatic rings. The molecule has 0 heterocycles. The molecule has 0 aromatic heterocycles. The van der Waals surface area contributed by atoms with Crippen LogP contribution in [0, 0.1) is 5.92 Å². The first-order valence-electron chi connectivity index (χ1n) is 6.52. The van der Waals surface area contributed by atoms with Crippen LogP contribution in [0.2, 0.25) is 0 Å². The first-order valence-corrected chi connectivity index (χ1v) is 6.52. The van der Waals surface area contributed by atoms with E-state index in [0.717, 1.165) is 12.8 Å². The molecule has 1 rings (SSSR count). The van der Waals surface area contributed by atoms with Crippen molar-refractivity contribution < 1.29 is 9.53 Å². The molecule has 0 aromatic rings. The summed E-state index contributed by atoms with van der Waals surface area (Å²) in [6, 6.07) is 0. The number of amides is 1. The number of ether oxygens (including phenoxy) is 1. The van der Waals surface area contributed by atoms with Gasteiger partial charge in [-0.3, -0.25) is 4.90 Å². The summed E-state index contributed by atoms with van der Waals surface area (Å²) in [5.74, 6) is 0.418. The smallest absolute Gasteiger partial charge is 0.411 e. The average molecular weight is 242 g/mol. The molecule has 1 aliphatic carbocycles. The molecule has 2 N–H and O–H groups in total. The highest BCUT2D eigenvalue weighted by molar-refractivity contribution is 5.68. The van der Waals surface area contributed by atoms with Crippen LogP contribution in [-0.2, 0) is 4.74 Å². The summed E-state index contributed by atoms with van der Waals surface area (Å²) in [7, 11) is 1.73. The summed E-state index contributed by atoms with van der Waals surface area (Å²) < 4.78 is 5.32. The van der Waals surface area contributed by atoms with E-state index in [1.807, 2.05) is 20.8 Å². The summed E-state index contributed by atoms with van der Waals surface area (Å²) in [6.07, 6.45) is 5.43. The van der Waals surface area contributed by atoms with Crippen molar-refractivity contribution in [1.82, 2.24) is 4.90 Å². The monoisotopic (exact) mass is 242 g/mol. The summed E-state index contributed by atoms with van der Waals surface area (Å²) in [5, 5.41) is 0. The molecule has 0 radical (unpaired) electrons. The highest BCUT2D eigenvalue weighted by Gasteiger charge is 2.29. The molecule has 0 aromatic carbocycles. The maximum atomic E-state index is 11.9. The Labute approximate surface area is 104 Å². The Bertz CT molecular complexity index is 255. The lowest BCUT2D eigenvalue weighted by Gasteiger charge is -2.34. The van der Waals surface area contributed by atoms with Gasteiger partial charge in [-0.1, -0.05) is 19.3 Å². The average Bonchev–Trinajstić information content (AvgIpc) is 2.26. The van der Waals surface area contributed by atoms with Gasteiger partial charge < -0.3 is 10.5 Å². The SMILES string of the molecule is CN(C(=O)OC(C)(C)C)C(N)C1CCCCC1. The second-order valence-corrected chi connectivity index (χ2v) is 5.98. The number of hydrogen-bond donors (Lipinski definition) is 1. The van der Waals surface area contributed by atoms with Gasteiger partial charge in [0.25, 0.3) is 0 Å². The summed E-state index contributed by atoms with van der Waals surface area (Å²) in [6.45, 7) is 5.60. The largest absolute Gasteiger partial charge is 0.444 e. The molecular formula is C13H26N2O2.